The molecule has 2 aromatic heterocycles. The fourth-order valence-electron chi connectivity index (χ4n) is 3.85. The quantitative estimate of drug-likeness (QED) is 0.569. The third kappa shape index (κ3) is 4.78. The fourth-order valence-corrected chi connectivity index (χ4v) is 3.85. The predicted molar refractivity (Wildman–Crippen MR) is 119 cm³/mol. The van der Waals surface area contributed by atoms with Crippen LogP contribution in [0, 0.1) is 25.2 Å². The van der Waals surface area contributed by atoms with Gasteiger partial charge in [0.2, 0.25) is 11.8 Å². The van der Waals surface area contributed by atoms with Crippen molar-refractivity contribution in [1.82, 2.24) is 25.2 Å². The van der Waals surface area contributed by atoms with E-state index < -0.39 is 6.04 Å². The van der Waals surface area contributed by atoms with Gasteiger partial charge in [0.05, 0.1) is 6.20 Å². The largest absolute Gasteiger partial charge is 0.352 e. The van der Waals surface area contributed by atoms with Crippen LogP contribution in [0.15, 0.2) is 36.5 Å². The zero-order valence-electron chi connectivity index (χ0n) is 18.3. The number of aryl methyl sites for hydroxylation is 2. The molecule has 0 radical (unpaired) electrons. The highest BCUT2D eigenvalue weighted by Gasteiger charge is 2.28. The molecular weight excluding hydrogens is 404 g/mol. The Labute approximate surface area is 186 Å². The minimum Gasteiger partial charge on any atom is -0.352 e. The van der Waals surface area contributed by atoms with Crippen molar-refractivity contribution in [3.8, 4) is 6.07 Å². The van der Waals surface area contributed by atoms with Gasteiger partial charge in [0.15, 0.2) is 5.65 Å². The van der Waals surface area contributed by atoms with E-state index in [0.29, 0.717) is 24.1 Å². The minimum absolute atomic E-state index is 0.138. The lowest BCUT2D eigenvalue weighted by Gasteiger charge is -2.19. The predicted octanol–water partition coefficient (Wildman–Crippen LogP) is 2.16. The zero-order valence-corrected chi connectivity index (χ0v) is 18.3. The maximum atomic E-state index is 12.8. The van der Waals surface area contributed by atoms with Crippen molar-refractivity contribution in [1.29, 1.82) is 5.26 Å². The Morgan fingerprint density at radius 3 is 2.69 bits per heavy atom. The van der Waals surface area contributed by atoms with Crippen molar-refractivity contribution >= 4 is 17.5 Å². The number of carbonyl (C=O) groups is 2. The van der Waals surface area contributed by atoms with Gasteiger partial charge in [-0.25, -0.2) is 9.50 Å². The Hall–Kier alpha value is -3.73. The van der Waals surface area contributed by atoms with E-state index >= 15 is 0 Å². The lowest BCUT2D eigenvalue weighted by atomic mass is 10.0. The van der Waals surface area contributed by atoms with Crippen LogP contribution in [0.25, 0.3) is 5.65 Å². The number of hydrogen-bond donors (Lipinski definition) is 2. The molecule has 8 nitrogen and oxygen atoms in total. The number of nitrogens with zero attached hydrogens (tertiary/aromatic N) is 4. The van der Waals surface area contributed by atoms with Crippen LogP contribution in [-0.2, 0) is 22.4 Å². The maximum absolute atomic E-state index is 12.8. The summed E-state index contributed by atoms with van der Waals surface area (Å²) in [6.07, 6.45) is 4.62. The second-order valence-corrected chi connectivity index (χ2v) is 8.26. The summed E-state index contributed by atoms with van der Waals surface area (Å²) in [5, 5.41) is 19.4. The Morgan fingerprint density at radius 1 is 1.25 bits per heavy atom. The van der Waals surface area contributed by atoms with Crippen molar-refractivity contribution in [3.05, 3.63) is 64.6 Å². The van der Waals surface area contributed by atoms with E-state index in [-0.39, 0.29) is 24.3 Å². The van der Waals surface area contributed by atoms with E-state index in [9.17, 15) is 14.9 Å². The summed E-state index contributed by atoms with van der Waals surface area (Å²) in [7, 11) is 0. The monoisotopic (exact) mass is 430 g/mol. The van der Waals surface area contributed by atoms with E-state index in [4.69, 9.17) is 0 Å². The zero-order chi connectivity index (χ0) is 22.7. The molecule has 2 N–H and O–H groups in total. The summed E-state index contributed by atoms with van der Waals surface area (Å²) in [6, 6.07) is 11.4. The highest BCUT2D eigenvalue weighted by Crippen LogP contribution is 2.20. The second-order valence-electron chi connectivity index (χ2n) is 8.26. The molecule has 1 aliphatic carbocycles. The first-order valence-electron chi connectivity index (χ1n) is 10.8. The third-order valence-corrected chi connectivity index (χ3v) is 5.79. The third-order valence-electron chi connectivity index (χ3n) is 5.79. The standard InChI is InChI=1S/C24H26N6O2/c1-15-20(16(2)30-23(27-15)18(13-25)14-26-30)10-11-22(31)29-21(24(32)28-19-8-9-19)12-17-6-4-3-5-7-17/h3-7,14,19,21H,8-12H2,1-2H3,(H,28,32)(H,29,31). The number of fused-ring (bicyclic) bond motifs is 1. The molecule has 2 amide bonds. The number of aromatic nitrogens is 3. The van der Waals surface area contributed by atoms with Crippen molar-refractivity contribution in [3.63, 3.8) is 0 Å². The molecule has 1 atom stereocenters. The van der Waals surface area contributed by atoms with Crippen molar-refractivity contribution in [2.45, 2.75) is 58.0 Å². The molecule has 1 aromatic carbocycles. The number of benzene rings is 1. The second kappa shape index (κ2) is 9.18. The highest BCUT2D eigenvalue weighted by atomic mass is 16.2. The average molecular weight is 431 g/mol. The van der Waals surface area contributed by atoms with E-state index in [1.807, 2.05) is 44.2 Å². The number of rotatable bonds is 8. The molecule has 1 saturated carbocycles. The minimum atomic E-state index is -0.613. The molecule has 1 unspecified atom stereocenters. The first kappa shape index (κ1) is 21.5. The van der Waals surface area contributed by atoms with E-state index in [1.54, 1.807) is 4.52 Å². The SMILES string of the molecule is Cc1nc2c(C#N)cnn2c(C)c1CCC(=O)NC(Cc1ccccc1)C(=O)NC1CC1. The summed E-state index contributed by atoms with van der Waals surface area (Å²) in [5.41, 5.74) is 4.49. The first-order chi connectivity index (χ1) is 15.5. The molecule has 0 spiro atoms. The smallest absolute Gasteiger partial charge is 0.243 e. The number of amides is 2. The van der Waals surface area contributed by atoms with Crippen LogP contribution in [-0.4, -0.2) is 38.5 Å². The maximum Gasteiger partial charge on any atom is 0.243 e. The van der Waals surface area contributed by atoms with Gasteiger partial charge in [0, 0.05) is 30.3 Å². The molecule has 2 heterocycles. The summed E-state index contributed by atoms with van der Waals surface area (Å²) < 4.78 is 1.64. The molecule has 0 aliphatic heterocycles. The summed E-state index contributed by atoms with van der Waals surface area (Å²) in [6.45, 7) is 3.78. The molecule has 0 saturated heterocycles. The Kier molecular flexibility index (Phi) is 6.17. The van der Waals surface area contributed by atoms with Gasteiger partial charge in [0.25, 0.3) is 0 Å². The molecule has 1 aliphatic rings. The van der Waals surface area contributed by atoms with Gasteiger partial charge in [-0.05, 0) is 44.2 Å². The van der Waals surface area contributed by atoms with Gasteiger partial charge in [-0.3, -0.25) is 9.59 Å². The van der Waals surface area contributed by atoms with Crippen LogP contribution in [0.2, 0.25) is 0 Å². The topological polar surface area (TPSA) is 112 Å². The molecule has 0 bridgehead atoms. The molecule has 32 heavy (non-hydrogen) atoms. The first-order valence-corrected chi connectivity index (χ1v) is 10.8. The van der Waals surface area contributed by atoms with E-state index in [2.05, 4.69) is 26.8 Å². The Bertz CT molecular complexity index is 1190. The summed E-state index contributed by atoms with van der Waals surface area (Å²) in [4.78, 5) is 30.0. The van der Waals surface area contributed by atoms with Crippen molar-refractivity contribution in [2.24, 2.45) is 0 Å². The fraction of sp³-hybridized carbons (Fsp3) is 0.375. The van der Waals surface area contributed by atoms with E-state index in [1.165, 1.54) is 6.20 Å². The molecule has 164 valence electrons. The van der Waals surface area contributed by atoms with Crippen LogP contribution >= 0.6 is 0 Å². The van der Waals surface area contributed by atoms with Crippen LogP contribution in [0.4, 0.5) is 0 Å². The number of nitrogens with one attached hydrogen (secondary N) is 2. The summed E-state index contributed by atoms with van der Waals surface area (Å²) >= 11 is 0. The molecular formula is C24H26N6O2. The van der Waals surface area contributed by atoms with Gasteiger partial charge in [-0.2, -0.15) is 10.4 Å². The highest BCUT2D eigenvalue weighted by molar-refractivity contribution is 5.88. The van der Waals surface area contributed by atoms with Gasteiger partial charge in [-0.1, -0.05) is 30.3 Å². The van der Waals surface area contributed by atoms with Crippen molar-refractivity contribution in [2.75, 3.05) is 0 Å². The van der Waals surface area contributed by atoms with Gasteiger partial charge in [0.1, 0.15) is 17.7 Å². The van der Waals surface area contributed by atoms with Crippen LogP contribution in [0.5, 0.6) is 0 Å². The van der Waals surface area contributed by atoms with Crippen LogP contribution in [0.3, 0.4) is 0 Å². The van der Waals surface area contributed by atoms with Crippen molar-refractivity contribution < 1.29 is 9.59 Å². The van der Waals surface area contributed by atoms with E-state index in [0.717, 1.165) is 35.4 Å². The summed E-state index contributed by atoms with van der Waals surface area (Å²) in [5.74, 6) is -0.324. The Balaban J connectivity index is 1.45. The lowest BCUT2D eigenvalue weighted by molar-refractivity contribution is -0.129. The average Bonchev–Trinajstić information content (AvgIpc) is 3.50. The Morgan fingerprint density at radius 2 is 2.00 bits per heavy atom. The number of carbonyl (C=O) groups excluding carboxylic acids is 2. The van der Waals surface area contributed by atoms with Gasteiger partial charge >= 0.3 is 0 Å². The molecule has 4 rings (SSSR count). The van der Waals surface area contributed by atoms with Crippen LogP contribution < -0.4 is 10.6 Å². The lowest BCUT2D eigenvalue weighted by Crippen LogP contribution is -2.48. The molecule has 3 aromatic rings. The number of nitriles is 1. The normalized spacial score (nSPS) is 14.0. The van der Waals surface area contributed by atoms with Gasteiger partial charge < -0.3 is 10.6 Å². The van der Waals surface area contributed by atoms with Crippen LogP contribution in [0.1, 0.15) is 47.3 Å². The molecule has 1 fully saturated rings. The number of hydrogen-bond acceptors (Lipinski definition) is 5. The molecule has 8 heteroatoms. The van der Waals surface area contributed by atoms with Gasteiger partial charge in [-0.15, -0.1) is 0 Å².